The summed E-state index contributed by atoms with van der Waals surface area (Å²) < 4.78 is 28.3. The van der Waals surface area contributed by atoms with Crippen LogP contribution in [0, 0.1) is 0 Å². The highest BCUT2D eigenvalue weighted by Gasteiger charge is 2.15. The molecule has 1 aromatic heterocycles. The number of nitrogens with zero attached hydrogens (tertiary/aromatic N) is 2. The van der Waals surface area contributed by atoms with Gasteiger partial charge in [-0.25, -0.2) is 8.42 Å². The molecule has 0 aliphatic heterocycles. The van der Waals surface area contributed by atoms with Gasteiger partial charge in [0, 0.05) is 11.3 Å². The molecule has 0 bridgehead atoms. The second kappa shape index (κ2) is 7.67. The van der Waals surface area contributed by atoms with E-state index in [1.165, 1.54) is 12.1 Å². The van der Waals surface area contributed by atoms with Gasteiger partial charge in [0.25, 0.3) is 5.89 Å². The number of sulfone groups is 1. The Kier molecular flexibility index (Phi) is 5.50. The van der Waals surface area contributed by atoms with Crippen molar-refractivity contribution in [3.8, 4) is 11.5 Å². The van der Waals surface area contributed by atoms with E-state index in [0.717, 1.165) is 6.26 Å². The SMILES string of the molecule is CS(=O)(=O)c1ccc(CC(=O)Nc2nnc(-c3ccc(Cl)cc3Cl)o2)cc1. The maximum Gasteiger partial charge on any atom is 0.322 e. The Hall–Kier alpha value is -2.42. The lowest BCUT2D eigenvalue weighted by atomic mass is 10.1. The molecule has 0 aliphatic rings. The number of carbonyl (C=O) groups excluding carboxylic acids is 1. The number of amides is 1. The molecule has 27 heavy (non-hydrogen) atoms. The van der Waals surface area contributed by atoms with Crippen molar-refractivity contribution in [1.29, 1.82) is 0 Å². The third-order valence-corrected chi connectivity index (χ3v) is 5.23. The first kappa shape index (κ1) is 19.3. The molecular formula is C17H13Cl2N3O4S. The molecule has 1 N–H and O–H groups in total. The van der Waals surface area contributed by atoms with Crippen LogP contribution in [-0.2, 0) is 21.1 Å². The number of halogens is 2. The van der Waals surface area contributed by atoms with E-state index in [1.807, 2.05) is 0 Å². The highest BCUT2D eigenvalue weighted by Crippen LogP contribution is 2.30. The molecule has 2 aromatic carbocycles. The van der Waals surface area contributed by atoms with Gasteiger partial charge in [-0.05, 0) is 35.9 Å². The Balaban J connectivity index is 1.67. The van der Waals surface area contributed by atoms with E-state index in [0.29, 0.717) is 21.2 Å². The molecule has 1 heterocycles. The zero-order chi connectivity index (χ0) is 19.6. The van der Waals surface area contributed by atoms with Gasteiger partial charge >= 0.3 is 6.01 Å². The van der Waals surface area contributed by atoms with Crippen LogP contribution < -0.4 is 5.32 Å². The molecule has 1 amide bonds. The van der Waals surface area contributed by atoms with Crippen LogP contribution in [0.2, 0.25) is 10.0 Å². The summed E-state index contributed by atoms with van der Waals surface area (Å²) in [5, 5.41) is 10.9. The number of aromatic nitrogens is 2. The summed E-state index contributed by atoms with van der Waals surface area (Å²) in [5.41, 5.74) is 1.13. The van der Waals surface area contributed by atoms with Crippen LogP contribution >= 0.6 is 23.2 Å². The summed E-state index contributed by atoms with van der Waals surface area (Å²) in [6.45, 7) is 0. The fourth-order valence-corrected chi connectivity index (χ4v) is 3.37. The molecule has 0 aliphatic carbocycles. The zero-order valence-corrected chi connectivity index (χ0v) is 16.3. The molecule has 0 saturated carbocycles. The molecular weight excluding hydrogens is 413 g/mol. The Morgan fingerprint density at radius 3 is 2.44 bits per heavy atom. The van der Waals surface area contributed by atoms with E-state index >= 15 is 0 Å². The van der Waals surface area contributed by atoms with Gasteiger partial charge in [0.05, 0.1) is 21.9 Å². The third-order valence-electron chi connectivity index (χ3n) is 3.55. The molecule has 140 valence electrons. The maximum atomic E-state index is 12.1. The Labute approximate surface area is 165 Å². The van der Waals surface area contributed by atoms with Crippen LogP contribution in [0.5, 0.6) is 0 Å². The van der Waals surface area contributed by atoms with E-state index in [9.17, 15) is 13.2 Å². The van der Waals surface area contributed by atoms with Gasteiger partial charge in [-0.2, -0.15) is 0 Å². The predicted molar refractivity (Wildman–Crippen MR) is 102 cm³/mol. The normalized spacial score (nSPS) is 11.4. The van der Waals surface area contributed by atoms with E-state index in [1.54, 1.807) is 30.3 Å². The smallest absolute Gasteiger partial charge is 0.322 e. The van der Waals surface area contributed by atoms with Gasteiger partial charge in [0.15, 0.2) is 9.84 Å². The number of rotatable bonds is 5. The lowest BCUT2D eigenvalue weighted by Gasteiger charge is -2.03. The highest BCUT2D eigenvalue weighted by atomic mass is 35.5. The van der Waals surface area contributed by atoms with Crippen molar-refractivity contribution in [1.82, 2.24) is 10.2 Å². The number of hydrogen-bond acceptors (Lipinski definition) is 6. The largest absolute Gasteiger partial charge is 0.403 e. The molecule has 0 spiro atoms. The maximum absolute atomic E-state index is 12.1. The van der Waals surface area contributed by atoms with Gasteiger partial charge in [-0.3, -0.25) is 10.1 Å². The first-order chi connectivity index (χ1) is 12.7. The summed E-state index contributed by atoms with van der Waals surface area (Å²) >= 11 is 11.9. The van der Waals surface area contributed by atoms with E-state index in [2.05, 4.69) is 15.5 Å². The minimum absolute atomic E-state index is 0.0173. The first-order valence-electron chi connectivity index (χ1n) is 7.60. The number of benzene rings is 2. The van der Waals surface area contributed by atoms with Crippen molar-refractivity contribution in [2.24, 2.45) is 0 Å². The predicted octanol–water partition coefficient (Wildman–Crippen LogP) is 3.63. The van der Waals surface area contributed by atoms with E-state index < -0.39 is 9.84 Å². The minimum atomic E-state index is -3.28. The molecule has 3 aromatic rings. The average Bonchev–Trinajstić information content (AvgIpc) is 3.02. The minimum Gasteiger partial charge on any atom is -0.403 e. The highest BCUT2D eigenvalue weighted by molar-refractivity contribution is 7.90. The summed E-state index contributed by atoms with van der Waals surface area (Å²) in [6, 6.07) is 10.8. The summed E-state index contributed by atoms with van der Waals surface area (Å²) in [5.74, 6) is -0.246. The molecule has 0 saturated heterocycles. The molecule has 7 nitrogen and oxygen atoms in total. The Bertz CT molecular complexity index is 1100. The van der Waals surface area contributed by atoms with E-state index in [-0.39, 0.29) is 29.1 Å². The summed E-state index contributed by atoms with van der Waals surface area (Å²) in [4.78, 5) is 12.3. The molecule has 0 unspecified atom stereocenters. The first-order valence-corrected chi connectivity index (χ1v) is 10.2. The van der Waals surface area contributed by atoms with Gasteiger partial charge in [0.1, 0.15) is 0 Å². The van der Waals surface area contributed by atoms with Gasteiger partial charge in [-0.15, -0.1) is 5.10 Å². The number of hydrogen-bond donors (Lipinski definition) is 1. The standard InChI is InChI=1S/C17H13Cl2N3O4S/c1-27(24,25)12-5-2-10(3-6-12)8-15(23)20-17-22-21-16(26-17)13-7-4-11(18)9-14(13)19/h2-7,9H,8H2,1H3,(H,20,22,23). The number of carbonyl (C=O) groups is 1. The van der Waals surface area contributed by atoms with Crippen molar-refractivity contribution in [2.75, 3.05) is 11.6 Å². The fourth-order valence-electron chi connectivity index (χ4n) is 2.25. The third kappa shape index (κ3) is 4.85. The monoisotopic (exact) mass is 425 g/mol. The average molecular weight is 426 g/mol. The van der Waals surface area contributed by atoms with Crippen molar-refractivity contribution in [2.45, 2.75) is 11.3 Å². The lowest BCUT2D eigenvalue weighted by Crippen LogP contribution is -2.14. The van der Waals surface area contributed by atoms with Gasteiger partial charge in [-0.1, -0.05) is 40.4 Å². The molecule has 0 atom stereocenters. The second-order valence-electron chi connectivity index (χ2n) is 5.68. The Morgan fingerprint density at radius 1 is 1.11 bits per heavy atom. The molecule has 0 radical (unpaired) electrons. The molecule has 10 heteroatoms. The summed E-state index contributed by atoms with van der Waals surface area (Å²) in [7, 11) is -3.28. The van der Waals surface area contributed by atoms with Crippen LogP contribution in [0.15, 0.2) is 51.8 Å². The Morgan fingerprint density at radius 2 is 1.81 bits per heavy atom. The van der Waals surface area contributed by atoms with Crippen LogP contribution in [-0.4, -0.2) is 30.8 Å². The fraction of sp³-hybridized carbons (Fsp3) is 0.118. The van der Waals surface area contributed by atoms with Gasteiger partial charge < -0.3 is 4.42 Å². The molecule has 3 rings (SSSR count). The van der Waals surface area contributed by atoms with E-state index in [4.69, 9.17) is 27.6 Å². The van der Waals surface area contributed by atoms with Crippen molar-refractivity contribution < 1.29 is 17.6 Å². The molecule has 0 fully saturated rings. The van der Waals surface area contributed by atoms with Crippen molar-refractivity contribution in [3.63, 3.8) is 0 Å². The van der Waals surface area contributed by atoms with Crippen LogP contribution in [0.3, 0.4) is 0 Å². The lowest BCUT2D eigenvalue weighted by molar-refractivity contribution is -0.115. The number of anilines is 1. The van der Waals surface area contributed by atoms with Crippen LogP contribution in [0.4, 0.5) is 6.01 Å². The second-order valence-corrected chi connectivity index (χ2v) is 8.54. The van der Waals surface area contributed by atoms with Crippen LogP contribution in [0.1, 0.15) is 5.56 Å². The van der Waals surface area contributed by atoms with Crippen molar-refractivity contribution in [3.05, 3.63) is 58.1 Å². The number of nitrogens with one attached hydrogen (secondary N) is 1. The topological polar surface area (TPSA) is 102 Å². The zero-order valence-electron chi connectivity index (χ0n) is 13.9. The quantitative estimate of drug-likeness (QED) is 0.669. The van der Waals surface area contributed by atoms with Gasteiger partial charge in [0.2, 0.25) is 5.91 Å². The van der Waals surface area contributed by atoms with Crippen LogP contribution in [0.25, 0.3) is 11.5 Å². The summed E-state index contributed by atoms with van der Waals surface area (Å²) in [6.07, 6.45) is 1.14. The van der Waals surface area contributed by atoms with Crippen molar-refractivity contribution >= 4 is 45.0 Å².